The first kappa shape index (κ1) is 12.0. The van der Waals surface area contributed by atoms with E-state index in [9.17, 15) is 9.59 Å². The van der Waals surface area contributed by atoms with Gasteiger partial charge in [-0.25, -0.2) is 4.79 Å². The van der Waals surface area contributed by atoms with Crippen LogP contribution in [0.3, 0.4) is 0 Å². The zero-order valence-electron chi connectivity index (χ0n) is 10.0. The van der Waals surface area contributed by atoms with E-state index < -0.39 is 0 Å². The molecule has 94 valence electrons. The van der Waals surface area contributed by atoms with E-state index in [1.165, 1.54) is 13.2 Å². The predicted molar refractivity (Wildman–Crippen MR) is 62.0 cm³/mol. The normalized spacial score (nSPS) is 28.8. The highest BCUT2D eigenvalue weighted by Gasteiger charge is 2.32. The van der Waals surface area contributed by atoms with Crippen LogP contribution in [-0.2, 0) is 14.3 Å². The Morgan fingerprint density at radius 2 is 2.35 bits per heavy atom. The molecule has 2 fully saturated rings. The fraction of sp³-hybridized carbons (Fsp3) is 0.667. The number of piperidine rings is 2. The maximum absolute atomic E-state index is 11.3. The number of esters is 1. The van der Waals surface area contributed by atoms with Gasteiger partial charge < -0.3 is 15.0 Å². The lowest BCUT2D eigenvalue weighted by Gasteiger charge is -2.41. The maximum Gasteiger partial charge on any atom is 0.331 e. The quantitative estimate of drug-likeness (QED) is 0.554. The summed E-state index contributed by atoms with van der Waals surface area (Å²) < 4.78 is 4.55. The minimum Gasteiger partial charge on any atom is -0.466 e. The Bertz CT molecular complexity index is 341. The van der Waals surface area contributed by atoms with Crippen LogP contribution in [0, 0.1) is 5.92 Å². The van der Waals surface area contributed by atoms with Crippen LogP contribution in [0.5, 0.6) is 0 Å². The van der Waals surface area contributed by atoms with Gasteiger partial charge in [0.05, 0.1) is 7.11 Å². The highest BCUT2D eigenvalue weighted by atomic mass is 16.5. The molecule has 5 heteroatoms. The number of likely N-dealkylation sites (tertiary alicyclic amines) is 1. The van der Waals surface area contributed by atoms with E-state index in [2.05, 4.69) is 15.0 Å². The molecule has 5 nitrogen and oxygen atoms in total. The highest BCUT2D eigenvalue weighted by molar-refractivity contribution is 5.81. The van der Waals surface area contributed by atoms with Gasteiger partial charge in [0.1, 0.15) is 0 Å². The number of amides is 1. The van der Waals surface area contributed by atoms with Gasteiger partial charge in [-0.05, 0) is 18.8 Å². The Labute approximate surface area is 101 Å². The number of fused-ring (bicyclic) bond motifs is 1. The standard InChI is InChI=1S/C12H18N2O3/c1-17-12(16)5-7-14-6-4-10-9(8-14)2-3-11(15)13-10/h5,7,9-10H,2-4,6,8H2,1H3,(H,13,15)/b7-5+. The van der Waals surface area contributed by atoms with Crippen LogP contribution in [0.15, 0.2) is 12.3 Å². The van der Waals surface area contributed by atoms with Crippen LogP contribution in [0.2, 0.25) is 0 Å². The Hall–Kier alpha value is -1.52. The van der Waals surface area contributed by atoms with Gasteiger partial charge in [0, 0.05) is 37.8 Å². The number of nitrogens with one attached hydrogen (secondary N) is 1. The van der Waals surface area contributed by atoms with Crippen LogP contribution < -0.4 is 5.32 Å². The second-order valence-corrected chi connectivity index (χ2v) is 4.60. The van der Waals surface area contributed by atoms with Crippen LogP contribution in [-0.4, -0.2) is 43.0 Å². The van der Waals surface area contributed by atoms with E-state index in [1.807, 2.05) is 0 Å². The fourth-order valence-electron chi connectivity index (χ4n) is 2.51. The average Bonchev–Trinajstić information content (AvgIpc) is 2.35. The lowest BCUT2D eigenvalue weighted by atomic mass is 9.85. The van der Waals surface area contributed by atoms with Gasteiger partial charge in [0.25, 0.3) is 0 Å². The Morgan fingerprint density at radius 3 is 3.12 bits per heavy atom. The molecule has 2 heterocycles. The minimum absolute atomic E-state index is 0.171. The van der Waals surface area contributed by atoms with Crippen molar-refractivity contribution in [3.8, 4) is 0 Å². The van der Waals surface area contributed by atoms with Gasteiger partial charge in [0.15, 0.2) is 0 Å². The first-order chi connectivity index (χ1) is 8.19. The molecule has 2 saturated heterocycles. The molecule has 0 radical (unpaired) electrons. The van der Waals surface area contributed by atoms with E-state index in [0.29, 0.717) is 18.4 Å². The first-order valence-corrected chi connectivity index (χ1v) is 5.98. The summed E-state index contributed by atoms with van der Waals surface area (Å²) in [7, 11) is 1.37. The van der Waals surface area contributed by atoms with Crippen molar-refractivity contribution >= 4 is 11.9 Å². The largest absolute Gasteiger partial charge is 0.466 e. The van der Waals surface area contributed by atoms with Crippen LogP contribution >= 0.6 is 0 Å². The molecular formula is C12H18N2O3. The fourth-order valence-corrected chi connectivity index (χ4v) is 2.51. The van der Waals surface area contributed by atoms with Crippen molar-refractivity contribution in [3.63, 3.8) is 0 Å². The summed E-state index contributed by atoms with van der Waals surface area (Å²) >= 11 is 0. The van der Waals surface area contributed by atoms with Gasteiger partial charge in [0.2, 0.25) is 5.91 Å². The summed E-state index contributed by atoms with van der Waals surface area (Å²) in [5.74, 6) is 0.345. The van der Waals surface area contributed by atoms with E-state index in [-0.39, 0.29) is 11.9 Å². The van der Waals surface area contributed by atoms with E-state index in [4.69, 9.17) is 0 Å². The predicted octanol–water partition coefficient (Wildman–Crippen LogP) is 0.274. The van der Waals surface area contributed by atoms with Gasteiger partial charge in [-0.15, -0.1) is 0 Å². The first-order valence-electron chi connectivity index (χ1n) is 5.98. The monoisotopic (exact) mass is 238 g/mol. The Kier molecular flexibility index (Phi) is 3.66. The van der Waals surface area contributed by atoms with Crippen molar-refractivity contribution < 1.29 is 14.3 Å². The van der Waals surface area contributed by atoms with Gasteiger partial charge in [-0.2, -0.15) is 0 Å². The lowest BCUT2D eigenvalue weighted by molar-refractivity contribution is -0.134. The zero-order chi connectivity index (χ0) is 12.3. The molecule has 0 aromatic rings. The summed E-state index contributed by atoms with van der Waals surface area (Å²) in [5.41, 5.74) is 0. The van der Waals surface area contributed by atoms with Crippen molar-refractivity contribution in [2.24, 2.45) is 5.92 Å². The molecule has 0 aliphatic carbocycles. The molecule has 1 amide bonds. The lowest BCUT2D eigenvalue weighted by Crippen LogP contribution is -2.52. The average molecular weight is 238 g/mol. The maximum atomic E-state index is 11.3. The molecule has 2 atom stereocenters. The smallest absolute Gasteiger partial charge is 0.331 e. The van der Waals surface area contributed by atoms with Crippen molar-refractivity contribution in [2.75, 3.05) is 20.2 Å². The van der Waals surface area contributed by atoms with E-state index in [0.717, 1.165) is 25.9 Å². The second-order valence-electron chi connectivity index (χ2n) is 4.60. The zero-order valence-corrected chi connectivity index (χ0v) is 10.0. The number of carbonyl (C=O) groups excluding carboxylic acids is 2. The number of rotatable bonds is 2. The molecule has 17 heavy (non-hydrogen) atoms. The van der Waals surface area contributed by atoms with E-state index in [1.54, 1.807) is 6.20 Å². The number of nitrogens with zero attached hydrogens (tertiary/aromatic N) is 1. The van der Waals surface area contributed by atoms with Crippen LogP contribution in [0.1, 0.15) is 19.3 Å². The molecule has 2 rings (SSSR count). The van der Waals surface area contributed by atoms with Gasteiger partial charge in [-0.1, -0.05) is 0 Å². The number of hydrogen-bond acceptors (Lipinski definition) is 4. The summed E-state index contributed by atoms with van der Waals surface area (Å²) in [5, 5.41) is 3.03. The highest BCUT2D eigenvalue weighted by Crippen LogP contribution is 2.25. The van der Waals surface area contributed by atoms with Crippen LogP contribution in [0.25, 0.3) is 0 Å². The van der Waals surface area contributed by atoms with E-state index >= 15 is 0 Å². The molecule has 1 N–H and O–H groups in total. The molecule has 0 bridgehead atoms. The third kappa shape index (κ3) is 2.99. The Morgan fingerprint density at radius 1 is 1.53 bits per heavy atom. The van der Waals surface area contributed by atoms with Crippen LogP contribution in [0.4, 0.5) is 0 Å². The third-order valence-corrected chi connectivity index (χ3v) is 3.48. The number of methoxy groups -OCH3 is 1. The summed E-state index contributed by atoms with van der Waals surface area (Å²) in [6.07, 6.45) is 5.75. The van der Waals surface area contributed by atoms with Gasteiger partial charge in [-0.3, -0.25) is 4.79 Å². The van der Waals surface area contributed by atoms with Crippen molar-refractivity contribution in [3.05, 3.63) is 12.3 Å². The third-order valence-electron chi connectivity index (χ3n) is 3.48. The number of ether oxygens (including phenoxy) is 1. The molecule has 0 aromatic carbocycles. The summed E-state index contributed by atoms with van der Waals surface area (Å²) in [6, 6.07) is 0.319. The SMILES string of the molecule is COC(=O)/C=C/N1CCC2NC(=O)CCC2C1. The topological polar surface area (TPSA) is 58.6 Å². The van der Waals surface area contributed by atoms with Gasteiger partial charge >= 0.3 is 5.97 Å². The minimum atomic E-state index is -0.330. The molecule has 2 unspecified atom stereocenters. The summed E-state index contributed by atoms with van der Waals surface area (Å²) in [4.78, 5) is 24.4. The Balaban J connectivity index is 1.87. The number of carbonyl (C=O) groups is 2. The van der Waals surface area contributed by atoms with Crippen molar-refractivity contribution in [2.45, 2.75) is 25.3 Å². The molecule has 0 saturated carbocycles. The van der Waals surface area contributed by atoms with Crippen molar-refractivity contribution in [1.82, 2.24) is 10.2 Å². The molecular weight excluding hydrogens is 220 g/mol. The summed E-state index contributed by atoms with van der Waals surface area (Å²) in [6.45, 7) is 1.77. The molecule has 0 aromatic heterocycles. The molecule has 0 spiro atoms. The molecule has 2 aliphatic heterocycles. The van der Waals surface area contributed by atoms with Crippen molar-refractivity contribution in [1.29, 1.82) is 0 Å². The molecule has 2 aliphatic rings. The number of hydrogen-bond donors (Lipinski definition) is 1. The second kappa shape index (κ2) is 5.21.